The highest BCUT2D eigenvalue weighted by Crippen LogP contribution is 2.49. The number of rotatable bonds is 1. The van der Waals surface area contributed by atoms with Crippen LogP contribution >= 0.6 is 0 Å². The molecule has 1 atom stereocenters. The molecule has 2 rings (SSSR count). The van der Waals surface area contributed by atoms with Gasteiger partial charge in [-0.1, -0.05) is 0 Å². The van der Waals surface area contributed by atoms with Gasteiger partial charge in [0, 0.05) is 12.8 Å². The quantitative estimate of drug-likeness (QED) is 0.735. The van der Waals surface area contributed by atoms with Gasteiger partial charge in [0.15, 0.2) is 6.10 Å². The predicted molar refractivity (Wildman–Crippen MR) is 47.8 cm³/mol. The third-order valence-electron chi connectivity index (χ3n) is 3.53. The molecule has 2 fully saturated rings. The number of halogens is 2. The molecule has 15 heavy (non-hydrogen) atoms. The van der Waals surface area contributed by atoms with Gasteiger partial charge in [0.25, 0.3) is 0 Å². The van der Waals surface area contributed by atoms with Crippen LogP contribution in [0.2, 0.25) is 0 Å². The Morgan fingerprint density at radius 2 is 1.87 bits per heavy atom. The van der Waals surface area contributed by atoms with E-state index in [4.69, 9.17) is 9.84 Å². The summed E-state index contributed by atoms with van der Waals surface area (Å²) in [5, 5.41) is 8.76. The van der Waals surface area contributed by atoms with Crippen LogP contribution in [0.15, 0.2) is 0 Å². The summed E-state index contributed by atoms with van der Waals surface area (Å²) in [5.41, 5.74) is -0.301. The Balaban J connectivity index is 1.98. The van der Waals surface area contributed by atoms with Gasteiger partial charge in [-0.25, -0.2) is 13.6 Å². The molecule has 1 saturated heterocycles. The number of carbonyl (C=O) groups is 1. The van der Waals surface area contributed by atoms with E-state index >= 15 is 0 Å². The highest BCUT2D eigenvalue weighted by molar-refractivity contribution is 5.72. The summed E-state index contributed by atoms with van der Waals surface area (Å²) in [4.78, 5) is 10.7. The van der Waals surface area contributed by atoms with Crippen LogP contribution in [-0.2, 0) is 9.53 Å². The second-order valence-corrected chi connectivity index (χ2v) is 4.70. The van der Waals surface area contributed by atoms with E-state index in [1.807, 2.05) is 0 Å². The Hall–Kier alpha value is -0.710. The van der Waals surface area contributed by atoms with E-state index in [2.05, 4.69) is 0 Å². The summed E-state index contributed by atoms with van der Waals surface area (Å²) in [5.74, 6) is -3.55. The number of carboxylic acids is 1. The molecule has 1 aliphatic heterocycles. The average Bonchev–Trinajstić information content (AvgIpc) is 2.56. The van der Waals surface area contributed by atoms with Crippen molar-refractivity contribution in [3.8, 4) is 0 Å². The Labute approximate surface area is 86.4 Å². The van der Waals surface area contributed by atoms with Gasteiger partial charge in [-0.05, 0) is 24.7 Å². The summed E-state index contributed by atoms with van der Waals surface area (Å²) in [6.45, 7) is 0.319. The molecule has 1 saturated carbocycles. The van der Waals surface area contributed by atoms with Crippen molar-refractivity contribution in [2.75, 3.05) is 6.61 Å². The molecule has 0 radical (unpaired) electrons. The molecule has 0 bridgehead atoms. The fourth-order valence-electron chi connectivity index (χ4n) is 2.44. The normalized spacial score (nSPS) is 33.1. The maximum absolute atomic E-state index is 12.9. The summed E-state index contributed by atoms with van der Waals surface area (Å²) in [6.07, 6.45) is 0.0777. The lowest BCUT2D eigenvalue weighted by Gasteiger charge is -2.35. The number of alkyl halides is 2. The third kappa shape index (κ3) is 2.12. The minimum atomic E-state index is -2.56. The minimum absolute atomic E-state index is 0.136. The first kappa shape index (κ1) is 10.8. The van der Waals surface area contributed by atoms with Gasteiger partial charge in [0.2, 0.25) is 5.92 Å². The number of hydrogen-bond acceptors (Lipinski definition) is 2. The van der Waals surface area contributed by atoms with Gasteiger partial charge >= 0.3 is 5.97 Å². The van der Waals surface area contributed by atoms with Crippen molar-refractivity contribution in [2.45, 2.75) is 44.1 Å². The van der Waals surface area contributed by atoms with Crippen molar-refractivity contribution in [3.05, 3.63) is 0 Å². The fraction of sp³-hybridized carbons (Fsp3) is 0.900. The smallest absolute Gasteiger partial charge is 0.332 e. The summed E-state index contributed by atoms with van der Waals surface area (Å²) in [6, 6.07) is 0. The van der Waals surface area contributed by atoms with Crippen LogP contribution in [0.4, 0.5) is 8.78 Å². The Morgan fingerprint density at radius 3 is 2.33 bits per heavy atom. The average molecular weight is 220 g/mol. The molecular weight excluding hydrogens is 206 g/mol. The monoisotopic (exact) mass is 220 g/mol. The number of carboxylic acid groups (broad SMARTS) is 1. The largest absolute Gasteiger partial charge is 0.479 e. The third-order valence-corrected chi connectivity index (χ3v) is 3.53. The molecule has 0 aromatic rings. The lowest BCUT2D eigenvalue weighted by molar-refractivity contribution is -0.147. The highest BCUT2D eigenvalue weighted by atomic mass is 19.3. The van der Waals surface area contributed by atoms with E-state index in [1.165, 1.54) is 0 Å². The molecule has 0 amide bonds. The van der Waals surface area contributed by atoms with Crippen LogP contribution in [-0.4, -0.2) is 29.7 Å². The highest BCUT2D eigenvalue weighted by Gasteiger charge is 2.49. The number of ether oxygens (including phenoxy) is 1. The Kier molecular flexibility index (Phi) is 2.45. The number of hydrogen-bond donors (Lipinski definition) is 1. The molecular formula is C10H14F2O3. The van der Waals surface area contributed by atoms with Crippen LogP contribution in [0.5, 0.6) is 0 Å². The summed E-state index contributed by atoms with van der Waals surface area (Å²) >= 11 is 0. The molecule has 3 nitrogen and oxygen atoms in total. The molecule has 0 aromatic carbocycles. The van der Waals surface area contributed by atoms with Gasteiger partial charge in [-0.15, -0.1) is 0 Å². The molecule has 1 aliphatic carbocycles. The van der Waals surface area contributed by atoms with Crippen LogP contribution in [0, 0.1) is 5.41 Å². The van der Waals surface area contributed by atoms with Gasteiger partial charge in [-0.2, -0.15) is 0 Å². The lowest BCUT2D eigenvalue weighted by Crippen LogP contribution is -2.34. The van der Waals surface area contributed by atoms with Gasteiger partial charge in [0.05, 0.1) is 6.61 Å². The first-order chi connectivity index (χ1) is 6.93. The van der Waals surface area contributed by atoms with Crippen molar-refractivity contribution >= 4 is 5.97 Å². The summed E-state index contributed by atoms with van der Waals surface area (Å²) in [7, 11) is 0. The van der Waals surface area contributed by atoms with E-state index in [1.54, 1.807) is 0 Å². The van der Waals surface area contributed by atoms with Crippen LogP contribution in [0.3, 0.4) is 0 Å². The molecule has 1 spiro atoms. The van der Waals surface area contributed by atoms with Crippen molar-refractivity contribution < 1.29 is 23.4 Å². The molecule has 1 heterocycles. The molecule has 5 heteroatoms. The van der Waals surface area contributed by atoms with Crippen LogP contribution in [0.1, 0.15) is 32.1 Å². The van der Waals surface area contributed by atoms with Gasteiger partial charge < -0.3 is 9.84 Å². The Bertz CT molecular complexity index is 268. The van der Waals surface area contributed by atoms with Gasteiger partial charge in [-0.3, -0.25) is 0 Å². The van der Waals surface area contributed by atoms with Crippen LogP contribution in [0.25, 0.3) is 0 Å². The minimum Gasteiger partial charge on any atom is -0.479 e. The fourth-order valence-corrected chi connectivity index (χ4v) is 2.44. The van der Waals surface area contributed by atoms with Crippen molar-refractivity contribution in [1.29, 1.82) is 0 Å². The maximum Gasteiger partial charge on any atom is 0.332 e. The van der Waals surface area contributed by atoms with E-state index < -0.39 is 18.0 Å². The van der Waals surface area contributed by atoms with Crippen LogP contribution < -0.4 is 0 Å². The molecule has 2 aliphatic rings. The first-order valence-corrected chi connectivity index (χ1v) is 5.15. The standard InChI is InChI=1S/C10H14F2O3/c11-10(12)3-1-9(2-4-10)5-7(8(13)14)15-6-9/h7H,1-6H2,(H,13,14). The van der Waals surface area contributed by atoms with E-state index in [-0.39, 0.29) is 18.3 Å². The molecule has 1 unspecified atom stereocenters. The zero-order valence-electron chi connectivity index (χ0n) is 8.34. The van der Waals surface area contributed by atoms with Gasteiger partial charge in [0.1, 0.15) is 0 Å². The Morgan fingerprint density at radius 1 is 1.27 bits per heavy atom. The zero-order valence-corrected chi connectivity index (χ0v) is 8.34. The molecule has 0 aromatic heterocycles. The topological polar surface area (TPSA) is 46.5 Å². The zero-order chi connectivity index (χ0) is 11.1. The van der Waals surface area contributed by atoms with E-state index in [0.717, 1.165) is 0 Å². The van der Waals surface area contributed by atoms with E-state index in [9.17, 15) is 13.6 Å². The van der Waals surface area contributed by atoms with Crippen molar-refractivity contribution in [2.24, 2.45) is 5.41 Å². The molecule has 86 valence electrons. The molecule has 1 N–H and O–H groups in total. The SMILES string of the molecule is O=C(O)C1CC2(CCC(F)(F)CC2)CO1. The first-order valence-electron chi connectivity index (χ1n) is 5.15. The lowest BCUT2D eigenvalue weighted by atomic mass is 9.71. The predicted octanol–water partition coefficient (Wildman–Crippen LogP) is 2.06. The second-order valence-electron chi connectivity index (χ2n) is 4.70. The second kappa shape index (κ2) is 3.40. The van der Waals surface area contributed by atoms with Crippen molar-refractivity contribution in [1.82, 2.24) is 0 Å². The van der Waals surface area contributed by atoms with E-state index in [0.29, 0.717) is 25.9 Å². The number of aliphatic carboxylic acids is 1. The maximum atomic E-state index is 12.9. The summed E-state index contributed by atoms with van der Waals surface area (Å²) < 4.78 is 31.0. The van der Waals surface area contributed by atoms with Crippen molar-refractivity contribution in [3.63, 3.8) is 0 Å².